The Morgan fingerprint density at radius 2 is 1.67 bits per heavy atom. The fraction of sp³-hybridized carbons (Fsp3) is 0.0714. The number of nitrogens with two attached hydrogens (primary N) is 1. The lowest BCUT2D eigenvalue weighted by molar-refractivity contribution is 1.04. The summed E-state index contributed by atoms with van der Waals surface area (Å²) in [6.07, 6.45) is 0.858. The van der Waals surface area contributed by atoms with E-state index in [-0.39, 0.29) is 0 Å². The van der Waals surface area contributed by atoms with Gasteiger partial charge >= 0.3 is 0 Å². The highest BCUT2D eigenvalue weighted by atomic mass is 32.1. The summed E-state index contributed by atoms with van der Waals surface area (Å²) in [5, 5.41) is 3.49. The normalized spacial score (nSPS) is 9.83. The molecule has 0 spiro atoms. The first kappa shape index (κ1) is 12.5. The molecule has 0 radical (unpaired) electrons. The minimum Gasteiger partial charge on any atom is -0.331 e. The monoisotopic (exact) mass is 257 g/mol. The average Bonchev–Trinajstić information content (AvgIpc) is 2.42. The topological polar surface area (TPSA) is 50.1 Å². The van der Waals surface area contributed by atoms with E-state index >= 15 is 0 Å². The van der Waals surface area contributed by atoms with Gasteiger partial charge in [0.2, 0.25) is 0 Å². The first-order valence-electron chi connectivity index (χ1n) is 5.69. The molecule has 0 bridgehead atoms. The number of hydrogen-bond acceptors (Lipinski definition) is 2. The highest BCUT2D eigenvalue weighted by Gasteiger charge is 2.03. The maximum Gasteiger partial charge on any atom is 0.185 e. The van der Waals surface area contributed by atoms with Gasteiger partial charge in [0.15, 0.2) is 5.11 Å². The maximum atomic E-state index is 5.27. The lowest BCUT2D eigenvalue weighted by Crippen LogP contribution is -2.34. The zero-order chi connectivity index (χ0) is 12.8. The molecular weight excluding hydrogens is 242 g/mol. The second-order valence-electron chi connectivity index (χ2n) is 3.92. The largest absolute Gasteiger partial charge is 0.331 e. The predicted octanol–water partition coefficient (Wildman–Crippen LogP) is 2.44. The van der Waals surface area contributed by atoms with Gasteiger partial charge in [0, 0.05) is 5.69 Å². The lowest BCUT2D eigenvalue weighted by Gasteiger charge is -2.12. The van der Waals surface area contributed by atoms with Crippen molar-refractivity contribution in [2.75, 3.05) is 5.32 Å². The molecule has 0 amide bonds. The first-order valence-corrected chi connectivity index (χ1v) is 6.10. The quantitative estimate of drug-likeness (QED) is 0.449. The number of para-hydroxylation sites is 1. The van der Waals surface area contributed by atoms with Gasteiger partial charge in [0.05, 0.1) is 0 Å². The van der Waals surface area contributed by atoms with Gasteiger partial charge < -0.3 is 10.7 Å². The Bertz CT molecular complexity index is 526. The van der Waals surface area contributed by atoms with E-state index in [1.165, 1.54) is 11.1 Å². The summed E-state index contributed by atoms with van der Waals surface area (Å²) < 4.78 is 0. The van der Waals surface area contributed by atoms with Crippen LogP contribution in [0, 0.1) is 0 Å². The Labute approximate surface area is 112 Å². The Balaban J connectivity index is 2.20. The Morgan fingerprint density at radius 1 is 1.00 bits per heavy atom. The molecule has 92 valence electrons. The number of nitrogens with one attached hydrogen (secondary N) is 2. The van der Waals surface area contributed by atoms with E-state index < -0.39 is 0 Å². The number of hydrogen-bond donors (Lipinski definition) is 3. The molecule has 3 nitrogen and oxygen atoms in total. The van der Waals surface area contributed by atoms with Gasteiger partial charge in [-0.05, 0) is 35.8 Å². The molecule has 0 aliphatic rings. The smallest absolute Gasteiger partial charge is 0.185 e. The van der Waals surface area contributed by atoms with E-state index in [4.69, 9.17) is 18.1 Å². The summed E-state index contributed by atoms with van der Waals surface area (Å²) in [4.78, 5) is 0. The number of thiocarbonyl (C=S) groups is 1. The highest BCUT2D eigenvalue weighted by molar-refractivity contribution is 7.80. The van der Waals surface area contributed by atoms with Gasteiger partial charge in [-0.2, -0.15) is 0 Å². The van der Waals surface area contributed by atoms with E-state index in [1.54, 1.807) is 0 Å². The summed E-state index contributed by atoms with van der Waals surface area (Å²) in [7, 11) is 0. The summed E-state index contributed by atoms with van der Waals surface area (Å²) >= 11 is 5.01. The van der Waals surface area contributed by atoms with Crippen molar-refractivity contribution in [1.29, 1.82) is 0 Å². The van der Waals surface area contributed by atoms with E-state index in [0.29, 0.717) is 5.11 Å². The standard InChI is InChI=1S/C14H15N3S/c15-17-14(18)16-13-9-5-4-8-12(13)10-11-6-2-1-3-7-11/h1-9H,10,15H2,(H2,16,17,18). The third kappa shape index (κ3) is 3.29. The molecule has 0 saturated heterocycles. The minimum absolute atomic E-state index is 0.413. The van der Waals surface area contributed by atoms with Crippen LogP contribution in [0.1, 0.15) is 11.1 Å². The molecule has 4 heteroatoms. The predicted molar refractivity (Wildman–Crippen MR) is 79.2 cm³/mol. The van der Waals surface area contributed by atoms with Crippen LogP contribution in [-0.4, -0.2) is 5.11 Å². The fourth-order valence-electron chi connectivity index (χ4n) is 1.77. The van der Waals surface area contributed by atoms with E-state index in [2.05, 4.69) is 28.9 Å². The summed E-state index contributed by atoms with van der Waals surface area (Å²) in [6.45, 7) is 0. The van der Waals surface area contributed by atoms with Gasteiger partial charge in [0.25, 0.3) is 0 Å². The molecule has 2 rings (SSSR count). The number of anilines is 1. The number of benzene rings is 2. The molecule has 0 aromatic heterocycles. The molecule has 0 heterocycles. The van der Waals surface area contributed by atoms with Crippen molar-refractivity contribution in [2.45, 2.75) is 6.42 Å². The van der Waals surface area contributed by atoms with Crippen LogP contribution < -0.4 is 16.6 Å². The van der Waals surface area contributed by atoms with Gasteiger partial charge in [-0.25, -0.2) is 5.84 Å². The van der Waals surface area contributed by atoms with Crippen LogP contribution in [0.2, 0.25) is 0 Å². The van der Waals surface area contributed by atoms with Crippen LogP contribution in [0.5, 0.6) is 0 Å². The maximum absolute atomic E-state index is 5.27. The Morgan fingerprint density at radius 3 is 2.39 bits per heavy atom. The van der Waals surface area contributed by atoms with Gasteiger partial charge in [-0.15, -0.1) is 0 Å². The Kier molecular flexibility index (Phi) is 4.28. The second kappa shape index (κ2) is 6.14. The van der Waals surface area contributed by atoms with Crippen LogP contribution in [0.4, 0.5) is 5.69 Å². The summed E-state index contributed by atoms with van der Waals surface area (Å²) in [5.74, 6) is 5.27. The van der Waals surface area contributed by atoms with Crippen molar-refractivity contribution in [3.63, 3.8) is 0 Å². The second-order valence-corrected chi connectivity index (χ2v) is 4.33. The zero-order valence-corrected chi connectivity index (χ0v) is 10.7. The van der Waals surface area contributed by atoms with Crippen molar-refractivity contribution in [1.82, 2.24) is 5.43 Å². The van der Waals surface area contributed by atoms with Crippen LogP contribution >= 0.6 is 12.2 Å². The minimum atomic E-state index is 0.413. The fourth-order valence-corrected chi connectivity index (χ4v) is 1.88. The van der Waals surface area contributed by atoms with Gasteiger partial charge in [-0.3, -0.25) is 0 Å². The molecule has 18 heavy (non-hydrogen) atoms. The van der Waals surface area contributed by atoms with Crippen LogP contribution in [0.25, 0.3) is 0 Å². The molecule has 0 aliphatic heterocycles. The van der Waals surface area contributed by atoms with E-state index in [9.17, 15) is 0 Å². The Hall–Kier alpha value is -1.91. The molecule has 0 saturated carbocycles. The van der Waals surface area contributed by atoms with Crippen molar-refractivity contribution in [2.24, 2.45) is 5.84 Å². The van der Waals surface area contributed by atoms with Crippen LogP contribution in [-0.2, 0) is 6.42 Å². The van der Waals surface area contributed by atoms with Crippen LogP contribution in [0.15, 0.2) is 54.6 Å². The number of rotatable bonds is 3. The summed E-state index contributed by atoms with van der Waals surface area (Å²) in [5.41, 5.74) is 5.85. The molecule has 0 unspecified atom stereocenters. The molecule has 0 fully saturated rings. The highest BCUT2D eigenvalue weighted by Crippen LogP contribution is 2.18. The van der Waals surface area contributed by atoms with Crippen molar-refractivity contribution < 1.29 is 0 Å². The van der Waals surface area contributed by atoms with Crippen molar-refractivity contribution in [3.8, 4) is 0 Å². The molecular formula is C14H15N3S. The third-order valence-corrected chi connectivity index (χ3v) is 2.85. The lowest BCUT2D eigenvalue weighted by atomic mass is 10.0. The van der Waals surface area contributed by atoms with Crippen molar-refractivity contribution >= 4 is 23.0 Å². The number of hydrazine groups is 1. The van der Waals surface area contributed by atoms with Gasteiger partial charge in [0.1, 0.15) is 0 Å². The molecule has 2 aromatic rings. The molecule has 0 aliphatic carbocycles. The van der Waals surface area contributed by atoms with E-state index in [0.717, 1.165) is 12.1 Å². The van der Waals surface area contributed by atoms with Gasteiger partial charge in [-0.1, -0.05) is 48.5 Å². The summed E-state index contributed by atoms with van der Waals surface area (Å²) in [6, 6.07) is 18.4. The third-order valence-electron chi connectivity index (χ3n) is 2.63. The molecule has 2 aromatic carbocycles. The molecule has 4 N–H and O–H groups in total. The first-order chi connectivity index (χ1) is 8.79. The molecule has 0 atom stereocenters. The average molecular weight is 257 g/mol. The zero-order valence-electron chi connectivity index (χ0n) is 9.89. The van der Waals surface area contributed by atoms with E-state index in [1.807, 2.05) is 36.4 Å². The SMILES string of the molecule is NNC(=S)Nc1ccccc1Cc1ccccc1. The van der Waals surface area contributed by atoms with Crippen LogP contribution in [0.3, 0.4) is 0 Å². The van der Waals surface area contributed by atoms with Crippen molar-refractivity contribution in [3.05, 3.63) is 65.7 Å².